The van der Waals surface area contributed by atoms with Crippen LogP contribution in [0.25, 0.3) is 0 Å². The number of benzene rings is 1. The van der Waals surface area contributed by atoms with Crippen LogP contribution >= 0.6 is 0 Å². The summed E-state index contributed by atoms with van der Waals surface area (Å²) in [6.45, 7) is 0.994. The van der Waals surface area contributed by atoms with E-state index in [1.807, 2.05) is 0 Å². The molecule has 0 heterocycles. The van der Waals surface area contributed by atoms with Gasteiger partial charge < -0.3 is 5.32 Å². The molecule has 2 aliphatic rings. The minimum absolute atomic E-state index is 0.358. The van der Waals surface area contributed by atoms with Crippen molar-refractivity contribution < 1.29 is 8.78 Å². The largest absolute Gasteiger partial charge is 0.314 e. The molecule has 1 nitrogen and oxygen atoms in total. The lowest BCUT2D eigenvalue weighted by Crippen LogP contribution is -2.19. The Morgan fingerprint density at radius 2 is 1.81 bits per heavy atom. The average molecular weight is 223 g/mol. The fourth-order valence-corrected chi connectivity index (χ4v) is 2.28. The molecule has 2 saturated carbocycles. The molecule has 0 radical (unpaired) electrons. The quantitative estimate of drug-likeness (QED) is 0.827. The molecule has 3 rings (SSSR count). The van der Waals surface area contributed by atoms with E-state index >= 15 is 0 Å². The minimum atomic E-state index is -0.462. The molecule has 16 heavy (non-hydrogen) atoms. The van der Waals surface area contributed by atoms with Crippen LogP contribution in [0.2, 0.25) is 0 Å². The number of hydrogen-bond acceptors (Lipinski definition) is 1. The molecule has 2 fully saturated rings. The molecule has 0 aliphatic heterocycles. The summed E-state index contributed by atoms with van der Waals surface area (Å²) in [4.78, 5) is 0. The van der Waals surface area contributed by atoms with Crippen molar-refractivity contribution in [2.75, 3.05) is 6.54 Å². The molecule has 0 amide bonds. The van der Waals surface area contributed by atoms with E-state index in [-0.39, 0.29) is 0 Å². The third kappa shape index (κ3) is 2.24. The highest BCUT2D eigenvalue weighted by atomic mass is 19.1. The Morgan fingerprint density at radius 1 is 1.12 bits per heavy atom. The van der Waals surface area contributed by atoms with E-state index in [0.717, 1.165) is 24.6 Å². The normalized spacial score (nSPS) is 28.1. The van der Waals surface area contributed by atoms with Crippen LogP contribution < -0.4 is 5.32 Å². The van der Waals surface area contributed by atoms with Crippen molar-refractivity contribution in [1.29, 1.82) is 0 Å². The van der Waals surface area contributed by atoms with E-state index < -0.39 is 11.6 Å². The maximum absolute atomic E-state index is 13.0. The summed E-state index contributed by atoms with van der Waals surface area (Å²) in [6, 6.07) is 4.57. The lowest BCUT2D eigenvalue weighted by molar-refractivity contribution is 0.576. The van der Waals surface area contributed by atoms with E-state index in [4.69, 9.17) is 0 Å². The van der Waals surface area contributed by atoms with E-state index in [2.05, 4.69) is 5.32 Å². The van der Waals surface area contributed by atoms with Crippen LogP contribution in [-0.4, -0.2) is 12.6 Å². The zero-order valence-electron chi connectivity index (χ0n) is 9.05. The number of nitrogens with one attached hydrogen (secondary N) is 1. The molecule has 0 spiro atoms. The zero-order valence-corrected chi connectivity index (χ0v) is 9.05. The minimum Gasteiger partial charge on any atom is -0.314 e. The van der Waals surface area contributed by atoms with Crippen molar-refractivity contribution in [2.45, 2.75) is 31.2 Å². The molecule has 2 aliphatic carbocycles. The summed E-state index contributed by atoms with van der Waals surface area (Å²) in [7, 11) is 0. The van der Waals surface area contributed by atoms with Gasteiger partial charge in [-0.15, -0.1) is 0 Å². The van der Waals surface area contributed by atoms with Crippen molar-refractivity contribution in [1.82, 2.24) is 5.32 Å². The van der Waals surface area contributed by atoms with E-state index in [1.165, 1.54) is 25.0 Å². The Labute approximate surface area is 93.9 Å². The monoisotopic (exact) mass is 223 g/mol. The summed E-state index contributed by atoms with van der Waals surface area (Å²) in [5.41, 5.74) is 0.820. The maximum atomic E-state index is 13.0. The summed E-state index contributed by atoms with van der Waals surface area (Å²) in [5, 5.41) is 3.46. The van der Waals surface area contributed by atoms with Crippen molar-refractivity contribution in [3.63, 3.8) is 0 Å². The fourth-order valence-electron chi connectivity index (χ4n) is 2.28. The number of halogens is 2. The molecule has 0 saturated heterocycles. The summed E-state index contributed by atoms with van der Waals surface area (Å²) >= 11 is 0. The molecule has 2 atom stereocenters. The highest BCUT2D eigenvalue weighted by Gasteiger charge is 2.39. The standard InChI is InChI=1S/C13H15F2N/c14-10-3-8(4-11(15)6-10)13-5-9(13)7-16-12-1-2-12/h3-4,6,9,12-13,16H,1-2,5,7H2. The summed E-state index contributed by atoms with van der Waals surface area (Å²) in [5.74, 6) is 0.00449. The SMILES string of the molecule is Fc1cc(F)cc(C2CC2CNC2CC2)c1. The number of rotatable bonds is 4. The average Bonchev–Trinajstić information content (AvgIpc) is 3.10. The molecule has 0 aromatic heterocycles. The first-order valence-electron chi connectivity index (χ1n) is 5.92. The third-order valence-electron chi connectivity index (χ3n) is 3.48. The lowest BCUT2D eigenvalue weighted by atomic mass is 10.1. The second kappa shape index (κ2) is 3.81. The predicted octanol–water partition coefficient (Wildman–Crippen LogP) is 2.82. The highest BCUT2D eigenvalue weighted by Crippen LogP contribution is 2.47. The van der Waals surface area contributed by atoms with E-state index in [1.54, 1.807) is 0 Å². The third-order valence-corrected chi connectivity index (χ3v) is 3.48. The van der Waals surface area contributed by atoms with E-state index in [0.29, 0.717) is 17.9 Å². The van der Waals surface area contributed by atoms with Gasteiger partial charge in [-0.25, -0.2) is 8.78 Å². The Balaban J connectivity index is 1.60. The van der Waals surface area contributed by atoms with Crippen LogP contribution in [0.4, 0.5) is 8.78 Å². The van der Waals surface area contributed by atoms with Crippen LogP contribution in [0, 0.1) is 17.6 Å². The molecule has 86 valence electrons. The van der Waals surface area contributed by atoms with Gasteiger partial charge in [0.2, 0.25) is 0 Å². The van der Waals surface area contributed by atoms with Gasteiger partial charge in [-0.05, 0) is 55.3 Å². The topological polar surface area (TPSA) is 12.0 Å². The maximum Gasteiger partial charge on any atom is 0.126 e. The van der Waals surface area contributed by atoms with E-state index in [9.17, 15) is 8.78 Å². The van der Waals surface area contributed by atoms with Gasteiger partial charge in [-0.3, -0.25) is 0 Å². The lowest BCUT2D eigenvalue weighted by Gasteiger charge is -2.03. The Hall–Kier alpha value is -0.960. The fraction of sp³-hybridized carbons (Fsp3) is 0.538. The van der Waals surface area contributed by atoms with Gasteiger partial charge in [0.25, 0.3) is 0 Å². The molecule has 1 aromatic rings. The Morgan fingerprint density at radius 3 is 2.44 bits per heavy atom. The molecule has 3 heteroatoms. The van der Waals surface area contributed by atoms with Gasteiger partial charge in [0, 0.05) is 12.1 Å². The molecule has 1 aromatic carbocycles. The van der Waals surface area contributed by atoms with Gasteiger partial charge in [-0.1, -0.05) is 0 Å². The first-order chi connectivity index (χ1) is 7.72. The smallest absolute Gasteiger partial charge is 0.126 e. The van der Waals surface area contributed by atoms with Gasteiger partial charge >= 0.3 is 0 Å². The van der Waals surface area contributed by atoms with Crippen LogP contribution in [0.3, 0.4) is 0 Å². The van der Waals surface area contributed by atoms with Crippen molar-refractivity contribution in [3.8, 4) is 0 Å². The predicted molar refractivity (Wildman–Crippen MR) is 58.2 cm³/mol. The molecule has 2 unspecified atom stereocenters. The molecule has 0 bridgehead atoms. The van der Waals surface area contributed by atoms with Gasteiger partial charge in [0.05, 0.1) is 0 Å². The van der Waals surface area contributed by atoms with Gasteiger partial charge in [0.15, 0.2) is 0 Å². The molecular formula is C13H15F2N. The van der Waals surface area contributed by atoms with Gasteiger partial charge in [-0.2, -0.15) is 0 Å². The van der Waals surface area contributed by atoms with Crippen molar-refractivity contribution >= 4 is 0 Å². The second-order valence-electron chi connectivity index (χ2n) is 4.99. The molecular weight excluding hydrogens is 208 g/mol. The van der Waals surface area contributed by atoms with Crippen molar-refractivity contribution in [2.24, 2.45) is 5.92 Å². The Bertz CT molecular complexity index is 381. The zero-order chi connectivity index (χ0) is 11.1. The second-order valence-corrected chi connectivity index (χ2v) is 4.99. The number of hydrogen-bond donors (Lipinski definition) is 1. The van der Waals surface area contributed by atoms with Crippen LogP contribution in [0.5, 0.6) is 0 Å². The highest BCUT2D eigenvalue weighted by molar-refractivity contribution is 5.27. The van der Waals surface area contributed by atoms with Crippen molar-refractivity contribution in [3.05, 3.63) is 35.4 Å². The summed E-state index contributed by atoms with van der Waals surface area (Å²) in [6.07, 6.45) is 3.63. The first kappa shape index (κ1) is 10.2. The molecule has 1 N–H and O–H groups in total. The van der Waals surface area contributed by atoms with Gasteiger partial charge in [0.1, 0.15) is 11.6 Å². The Kier molecular flexibility index (Phi) is 2.43. The first-order valence-corrected chi connectivity index (χ1v) is 5.92. The van der Waals surface area contributed by atoms with Crippen LogP contribution in [0.1, 0.15) is 30.7 Å². The summed E-state index contributed by atoms with van der Waals surface area (Å²) < 4.78 is 26.0. The van der Waals surface area contributed by atoms with Crippen LogP contribution in [0.15, 0.2) is 18.2 Å². The van der Waals surface area contributed by atoms with Crippen LogP contribution in [-0.2, 0) is 0 Å².